The van der Waals surface area contributed by atoms with Gasteiger partial charge in [-0.1, -0.05) is 96.0 Å². The minimum Gasteiger partial charge on any atom is -0.481 e. The molecular formula is C37H36ClNO3S. The molecule has 0 bridgehead atoms. The van der Waals surface area contributed by atoms with Gasteiger partial charge in [0.25, 0.3) is 0 Å². The fraction of sp³-hybridized carbons (Fsp3) is 0.297. The summed E-state index contributed by atoms with van der Waals surface area (Å²) in [4.78, 5) is 16.0. The number of hydrogen-bond acceptors (Lipinski definition) is 4. The Hall–Kier alpha value is -3.56. The quantitative estimate of drug-likeness (QED) is 0.166. The highest BCUT2D eigenvalue weighted by molar-refractivity contribution is 8.03. The number of carboxylic acid groups (broad SMARTS) is 1. The number of rotatable bonds is 11. The Morgan fingerprint density at radius 3 is 2.63 bits per heavy atom. The van der Waals surface area contributed by atoms with E-state index >= 15 is 0 Å². The lowest BCUT2D eigenvalue weighted by Gasteiger charge is -2.22. The van der Waals surface area contributed by atoms with E-state index in [-0.39, 0.29) is 17.8 Å². The molecule has 1 fully saturated rings. The van der Waals surface area contributed by atoms with E-state index < -0.39 is 11.6 Å². The van der Waals surface area contributed by atoms with Gasteiger partial charge in [-0.15, -0.1) is 0 Å². The summed E-state index contributed by atoms with van der Waals surface area (Å²) in [6.45, 7) is 3.64. The van der Waals surface area contributed by atoms with E-state index in [0.29, 0.717) is 5.02 Å². The Morgan fingerprint density at radius 1 is 1.07 bits per heavy atom. The largest absolute Gasteiger partial charge is 0.481 e. The zero-order valence-electron chi connectivity index (χ0n) is 24.5. The Balaban J connectivity index is 1.36. The lowest BCUT2D eigenvalue weighted by molar-refractivity contribution is -0.138. The summed E-state index contributed by atoms with van der Waals surface area (Å²) in [5, 5.41) is 25.0. The van der Waals surface area contributed by atoms with Gasteiger partial charge in [0.2, 0.25) is 0 Å². The van der Waals surface area contributed by atoms with Crippen molar-refractivity contribution < 1.29 is 15.0 Å². The van der Waals surface area contributed by atoms with Crippen molar-refractivity contribution in [2.24, 2.45) is 5.41 Å². The predicted molar refractivity (Wildman–Crippen MR) is 179 cm³/mol. The van der Waals surface area contributed by atoms with Gasteiger partial charge in [-0.25, -0.2) is 4.98 Å². The minimum atomic E-state index is -0.927. The van der Waals surface area contributed by atoms with Gasteiger partial charge in [0.15, 0.2) is 0 Å². The van der Waals surface area contributed by atoms with Crippen LogP contribution in [0.5, 0.6) is 0 Å². The molecule has 0 unspecified atom stereocenters. The summed E-state index contributed by atoms with van der Waals surface area (Å²) in [5.41, 5.74) is 4.92. The molecule has 0 spiro atoms. The molecule has 2 N–H and O–H groups in total. The maximum atomic E-state index is 11.3. The van der Waals surface area contributed by atoms with Crippen LogP contribution in [0.2, 0.25) is 5.02 Å². The van der Waals surface area contributed by atoms with E-state index in [1.54, 1.807) is 0 Å². The summed E-state index contributed by atoms with van der Waals surface area (Å²) in [5.74, 6) is 3.49. The van der Waals surface area contributed by atoms with Crippen LogP contribution in [0, 0.1) is 16.6 Å². The lowest BCUT2D eigenvalue weighted by Crippen LogP contribution is -2.18. The van der Waals surface area contributed by atoms with Crippen molar-refractivity contribution in [1.29, 1.82) is 0 Å². The molecule has 3 aromatic carbocycles. The minimum absolute atomic E-state index is 0.0220. The van der Waals surface area contributed by atoms with Crippen molar-refractivity contribution in [3.05, 3.63) is 112 Å². The van der Waals surface area contributed by atoms with Gasteiger partial charge in [-0.2, -0.15) is 0 Å². The Kier molecular flexibility index (Phi) is 9.62. The normalized spacial score (nSPS) is 14.8. The average Bonchev–Trinajstić information content (AvgIpc) is 3.73. The van der Waals surface area contributed by atoms with Gasteiger partial charge in [0, 0.05) is 22.1 Å². The molecule has 0 amide bonds. The van der Waals surface area contributed by atoms with Crippen molar-refractivity contribution in [2.75, 3.05) is 5.75 Å². The number of pyridine rings is 1. The van der Waals surface area contributed by atoms with Crippen LogP contribution >= 0.6 is 23.4 Å². The van der Waals surface area contributed by atoms with Crippen molar-refractivity contribution in [3.63, 3.8) is 0 Å². The number of aliphatic carboxylic acids is 1. The Bertz CT molecular complexity index is 1710. The standard InChI is InChI=1S/C37H36ClNO3S/c1-36(2,42)33-9-4-3-7-28(33)12-11-27(18-21-43-25-37(19-20-37)24-35(40)41)30-8-5-6-26(22-30)10-16-32-17-14-29-13-15-31(38)23-34(29)39-32/h3-10,13-17,22-23,27,42H,11-12,19-20,24-25H2,1-2H3,(H,40,41)/b16-10+/t27-/m0/s1. The van der Waals surface area contributed by atoms with E-state index in [1.807, 2.05) is 68.5 Å². The number of aliphatic hydroxyl groups is 1. The van der Waals surface area contributed by atoms with Crippen molar-refractivity contribution in [3.8, 4) is 11.2 Å². The number of fused-ring (bicyclic) bond motifs is 1. The fourth-order valence-electron chi connectivity index (χ4n) is 5.39. The maximum absolute atomic E-state index is 11.3. The van der Waals surface area contributed by atoms with E-state index in [2.05, 4.69) is 47.6 Å². The van der Waals surface area contributed by atoms with E-state index in [1.165, 1.54) is 11.8 Å². The predicted octanol–water partition coefficient (Wildman–Crippen LogP) is 8.95. The number of aromatic nitrogens is 1. The average molecular weight is 610 g/mol. The first-order valence-electron chi connectivity index (χ1n) is 14.6. The number of thioether (sulfide) groups is 1. The molecule has 4 aromatic rings. The van der Waals surface area contributed by atoms with E-state index in [4.69, 9.17) is 16.6 Å². The van der Waals surface area contributed by atoms with Crippen LogP contribution in [0.3, 0.4) is 0 Å². The molecule has 1 saturated carbocycles. The highest BCUT2D eigenvalue weighted by Gasteiger charge is 2.44. The molecule has 1 aliphatic rings. The Morgan fingerprint density at radius 2 is 1.86 bits per heavy atom. The third-order valence-corrected chi connectivity index (χ3v) is 9.24. The number of carboxylic acids is 1. The van der Waals surface area contributed by atoms with Gasteiger partial charge < -0.3 is 10.2 Å². The van der Waals surface area contributed by atoms with Crippen molar-refractivity contribution in [2.45, 2.75) is 57.5 Å². The summed E-state index contributed by atoms with van der Waals surface area (Å²) in [7, 11) is 0. The molecule has 1 aromatic heterocycles. The van der Waals surface area contributed by atoms with E-state index in [9.17, 15) is 15.0 Å². The number of carbonyl (C=O) groups is 1. The fourth-order valence-corrected chi connectivity index (χ4v) is 6.55. The third kappa shape index (κ3) is 8.51. The molecule has 0 radical (unpaired) electrons. The van der Waals surface area contributed by atoms with Crippen molar-refractivity contribution >= 4 is 52.4 Å². The third-order valence-electron chi connectivity index (χ3n) is 7.98. The highest BCUT2D eigenvalue weighted by atomic mass is 35.5. The van der Waals surface area contributed by atoms with Crippen LogP contribution in [0.4, 0.5) is 0 Å². The molecule has 0 aliphatic heterocycles. The van der Waals surface area contributed by atoms with Gasteiger partial charge in [-0.05, 0) is 96.7 Å². The van der Waals surface area contributed by atoms with Crippen molar-refractivity contribution in [1.82, 2.24) is 4.98 Å². The molecule has 1 atom stereocenters. The second-order valence-corrected chi connectivity index (χ2v) is 13.2. The molecular weight excluding hydrogens is 574 g/mol. The molecule has 1 aliphatic carbocycles. The second-order valence-electron chi connectivity index (χ2n) is 12.0. The summed E-state index contributed by atoms with van der Waals surface area (Å²) >= 11 is 7.70. The first-order chi connectivity index (χ1) is 20.6. The molecule has 6 heteroatoms. The molecule has 1 heterocycles. The molecule has 0 saturated heterocycles. The van der Waals surface area contributed by atoms with Crippen LogP contribution in [0.1, 0.15) is 73.4 Å². The SMILES string of the molecule is CC(C)(O)c1ccccc1CC[C@@H](C#CSCC1(CC(=O)O)CC1)c1cccc(/C=C/c2ccc3ccc(Cl)cc3n2)c1. The van der Waals surface area contributed by atoms with Gasteiger partial charge in [0.05, 0.1) is 23.2 Å². The maximum Gasteiger partial charge on any atom is 0.303 e. The second kappa shape index (κ2) is 13.4. The van der Waals surface area contributed by atoms with Gasteiger partial charge >= 0.3 is 5.97 Å². The molecule has 4 nitrogen and oxygen atoms in total. The smallest absolute Gasteiger partial charge is 0.303 e. The zero-order chi connectivity index (χ0) is 30.5. The highest BCUT2D eigenvalue weighted by Crippen LogP contribution is 2.50. The molecule has 5 rings (SSSR count). The first-order valence-corrected chi connectivity index (χ1v) is 16.0. The number of aryl methyl sites for hydroxylation is 1. The number of benzene rings is 3. The van der Waals surface area contributed by atoms with Crippen LogP contribution in [0.25, 0.3) is 23.1 Å². The monoisotopic (exact) mass is 609 g/mol. The molecule has 220 valence electrons. The van der Waals surface area contributed by atoms with E-state index in [0.717, 1.165) is 70.3 Å². The lowest BCUT2D eigenvalue weighted by atomic mass is 9.87. The number of halogens is 1. The van der Waals surface area contributed by atoms with Crippen LogP contribution in [0.15, 0.2) is 78.9 Å². The zero-order valence-corrected chi connectivity index (χ0v) is 26.1. The van der Waals surface area contributed by atoms with Crippen LogP contribution in [-0.2, 0) is 16.8 Å². The summed E-state index contributed by atoms with van der Waals surface area (Å²) < 4.78 is 0. The number of nitrogens with zero attached hydrogens (tertiary/aromatic N) is 1. The number of hydrogen-bond donors (Lipinski definition) is 2. The topological polar surface area (TPSA) is 70.4 Å². The first kappa shape index (κ1) is 30.9. The summed E-state index contributed by atoms with van der Waals surface area (Å²) in [6.07, 6.45) is 7.77. The van der Waals surface area contributed by atoms with Gasteiger partial charge in [0.1, 0.15) is 0 Å². The Labute approximate surface area is 263 Å². The molecule has 43 heavy (non-hydrogen) atoms. The van der Waals surface area contributed by atoms with Crippen LogP contribution in [-0.4, -0.2) is 26.9 Å². The van der Waals surface area contributed by atoms with Gasteiger partial charge in [-0.3, -0.25) is 4.79 Å². The summed E-state index contributed by atoms with van der Waals surface area (Å²) in [6, 6.07) is 26.2. The van der Waals surface area contributed by atoms with Crippen LogP contribution < -0.4 is 0 Å².